The molecular formula is C19H21NO4. The van der Waals surface area contributed by atoms with Crippen molar-refractivity contribution < 1.29 is 19.4 Å². The molecule has 2 rings (SSSR count). The van der Waals surface area contributed by atoms with Crippen molar-refractivity contribution in [2.75, 3.05) is 12.4 Å². The summed E-state index contributed by atoms with van der Waals surface area (Å²) in [5, 5.41) is 11.9. The summed E-state index contributed by atoms with van der Waals surface area (Å²) >= 11 is 0. The van der Waals surface area contributed by atoms with Gasteiger partial charge in [-0.3, -0.25) is 4.79 Å². The second-order valence-electron chi connectivity index (χ2n) is 5.73. The SMILES string of the molecule is COc1ccccc1C(C)CC(=O)Nc1ccc(C)c(C(=O)O)c1. The number of carbonyl (C=O) groups excluding carboxylic acids is 1. The number of para-hydroxylation sites is 1. The second kappa shape index (κ2) is 7.64. The number of hydrogen-bond acceptors (Lipinski definition) is 3. The summed E-state index contributed by atoms with van der Waals surface area (Å²) in [4.78, 5) is 23.4. The van der Waals surface area contributed by atoms with Gasteiger partial charge in [-0.25, -0.2) is 4.79 Å². The van der Waals surface area contributed by atoms with Crippen LogP contribution in [0.5, 0.6) is 5.75 Å². The number of benzene rings is 2. The van der Waals surface area contributed by atoms with Gasteiger partial charge in [0, 0.05) is 12.1 Å². The highest BCUT2D eigenvalue weighted by molar-refractivity contribution is 5.95. The molecule has 0 heterocycles. The molecule has 0 aliphatic heterocycles. The van der Waals surface area contributed by atoms with Crippen molar-refractivity contribution in [1.82, 2.24) is 0 Å². The number of carbonyl (C=O) groups is 2. The van der Waals surface area contributed by atoms with Gasteiger partial charge in [0.25, 0.3) is 0 Å². The van der Waals surface area contributed by atoms with E-state index >= 15 is 0 Å². The van der Waals surface area contributed by atoms with E-state index in [1.807, 2.05) is 31.2 Å². The monoisotopic (exact) mass is 327 g/mol. The van der Waals surface area contributed by atoms with E-state index in [4.69, 9.17) is 9.84 Å². The molecule has 126 valence electrons. The Bertz CT molecular complexity index is 755. The topological polar surface area (TPSA) is 75.6 Å². The van der Waals surface area contributed by atoms with Gasteiger partial charge in [0.2, 0.25) is 5.91 Å². The van der Waals surface area contributed by atoms with Crippen LogP contribution in [0.25, 0.3) is 0 Å². The summed E-state index contributed by atoms with van der Waals surface area (Å²) < 4.78 is 5.32. The molecular weight excluding hydrogens is 306 g/mol. The second-order valence-corrected chi connectivity index (χ2v) is 5.73. The Morgan fingerprint density at radius 3 is 2.58 bits per heavy atom. The molecule has 0 aliphatic rings. The van der Waals surface area contributed by atoms with Crippen LogP contribution in [0.15, 0.2) is 42.5 Å². The molecule has 2 aromatic carbocycles. The lowest BCUT2D eigenvalue weighted by molar-refractivity contribution is -0.116. The Balaban J connectivity index is 2.08. The fraction of sp³-hybridized carbons (Fsp3) is 0.263. The number of amides is 1. The smallest absolute Gasteiger partial charge is 0.336 e. The van der Waals surface area contributed by atoms with Gasteiger partial charge in [0.05, 0.1) is 12.7 Å². The summed E-state index contributed by atoms with van der Waals surface area (Å²) in [5.74, 6) is -0.452. The van der Waals surface area contributed by atoms with Gasteiger partial charge < -0.3 is 15.2 Å². The van der Waals surface area contributed by atoms with Crippen molar-refractivity contribution in [2.45, 2.75) is 26.2 Å². The Hall–Kier alpha value is -2.82. The lowest BCUT2D eigenvalue weighted by Crippen LogP contribution is -2.15. The molecule has 0 bridgehead atoms. The third-order valence-corrected chi connectivity index (χ3v) is 3.91. The molecule has 0 aromatic heterocycles. The van der Waals surface area contributed by atoms with E-state index in [0.717, 1.165) is 11.3 Å². The Labute approximate surface area is 141 Å². The molecule has 5 heteroatoms. The van der Waals surface area contributed by atoms with Crippen molar-refractivity contribution in [3.05, 3.63) is 59.2 Å². The first-order chi connectivity index (χ1) is 11.4. The van der Waals surface area contributed by atoms with E-state index in [-0.39, 0.29) is 23.8 Å². The third-order valence-electron chi connectivity index (χ3n) is 3.91. The van der Waals surface area contributed by atoms with Gasteiger partial charge in [0.15, 0.2) is 0 Å². The first-order valence-corrected chi connectivity index (χ1v) is 7.69. The first-order valence-electron chi connectivity index (χ1n) is 7.69. The van der Waals surface area contributed by atoms with Crippen LogP contribution in [-0.2, 0) is 4.79 Å². The minimum absolute atomic E-state index is 0.0226. The number of ether oxygens (including phenoxy) is 1. The molecule has 0 aliphatic carbocycles. The van der Waals surface area contributed by atoms with Crippen LogP contribution in [0.4, 0.5) is 5.69 Å². The molecule has 0 saturated heterocycles. The maximum absolute atomic E-state index is 12.3. The summed E-state index contributed by atoms with van der Waals surface area (Å²) in [6.07, 6.45) is 0.274. The van der Waals surface area contributed by atoms with Gasteiger partial charge in [-0.05, 0) is 42.2 Å². The number of hydrogen-bond donors (Lipinski definition) is 2. The quantitative estimate of drug-likeness (QED) is 0.845. The zero-order valence-electron chi connectivity index (χ0n) is 14.0. The number of carboxylic acids is 1. The zero-order chi connectivity index (χ0) is 17.7. The van der Waals surface area contributed by atoms with Crippen molar-refractivity contribution in [1.29, 1.82) is 0 Å². The van der Waals surface area contributed by atoms with Crippen LogP contribution in [0, 0.1) is 6.92 Å². The predicted octanol–water partition coefficient (Wildman–Crippen LogP) is 3.83. The standard InChI is InChI=1S/C19H21NO4/c1-12-8-9-14(11-16(12)19(22)23)20-18(21)10-13(2)15-6-4-5-7-17(15)24-3/h4-9,11,13H,10H2,1-3H3,(H,20,21)(H,22,23). The molecule has 0 spiro atoms. The van der Waals surface area contributed by atoms with Crippen LogP contribution in [0.1, 0.15) is 40.7 Å². The summed E-state index contributed by atoms with van der Waals surface area (Å²) in [6, 6.07) is 12.5. The Kier molecular flexibility index (Phi) is 5.58. The van der Waals surface area contributed by atoms with E-state index in [2.05, 4.69) is 5.32 Å². The number of carboxylic acid groups (broad SMARTS) is 1. The molecule has 0 fully saturated rings. The highest BCUT2D eigenvalue weighted by Gasteiger charge is 2.16. The number of aromatic carboxylic acids is 1. The van der Waals surface area contributed by atoms with Gasteiger partial charge in [-0.1, -0.05) is 31.2 Å². The fourth-order valence-electron chi connectivity index (χ4n) is 2.60. The molecule has 0 saturated carbocycles. The lowest BCUT2D eigenvalue weighted by Gasteiger charge is -2.15. The van der Waals surface area contributed by atoms with Gasteiger partial charge in [-0.2, -0.15) is 0 Å². The molecule has 2 aromatic rings. The molecule has 24 heavy (non-hydrogen) atoms. The average molecular weight is 327 g/mol. The van der Waals surface area contributed by atoms with Crippen LogP contribution >= 0.6 is 0 Å². The fourth-order valence-corrected chi connectivity index (χ4v) is 2.60. The molecule has 1 atom stereocenters. The summed E-state index contributed by atoms with van der Waals surface area (Å²) in [5.41, 5.74) is 2.29. The van der Waals surface area contributed by atoms with Crippen LogP contribution < -0.4 is 10.1 Å². The van der Waals surface area contributed by atoms with Crippen molar-refractivity contribution >= 4 is 17.6 Å². The molecule has 0 radical (unpaired) electrons. The minimum Gasteiger partial charge on any atom is -0.496 e. The number of rotatable bonds is 6. The maximum atomic E-state index is 12.3. The first kappa shape index (κ1) is 17.5. The number of nitrogens with one attached hydrogen (secondary N) is 1. The van der Waals surface area contributed by atoms with E-state index in [0.29, 0.717) is 11.3 Å². The van der Waals surface area contributed by atoms with E-state index in [1.165, 1.54) is 6.07 Å². The maximum Gasteiger partial charge on any atom is 0.336 e. The Morgan fingerprint density at radius 1 is 1.21 bits per heavy atom. The molecule has 1 amide bonds. The Morgan fingerprint density at radius 2 is 1.92 bits per heavy atom. The minimum atomic E-state index is -1.01. The number of methoxy groups -OCH3 is 1. The van der Waals surface area contributed by atoms with Gasteiger partial charge in [-0.15, -0.1) is 0 Å². The lowest BCUT2D eigenvalue weighted by atomic mass is 9.96. The normalized spacial score (nSPS) is 11.6. The van der Waals surface area contributed by atoms with Crippen LogP contribution in [-0.4, -0.2) is 24.1 Å². The van der Waals surface area contributed by atoms with E-state index < -0.39 is 5.97 Å². The average Bonchev–Trinajstić information content (AvgIpc) is 2.56. The van der Waals surface area contributed by atoms with E-state index in [9.17, 15) is 9.59 Å². The van der Waals surface area contributed by atoms with Gasteiger partial charge in [0.1, 0.15) is 5.75 Å². The third kappa shape index (κ3) is 4.13. The molecule has 2 N–H and O–H groups in total. The molecule has 1 unspecified atom stereocenters. The summed E-state index contributed by atoms with van der Waals surface area (Å²) in [6.45, 7) is 3.67. The number of anilines is 1. The summed E-state index contributed by atoms with van der Waals surface area (Å²) in [7, 11) is 1.60. The zero-order valence-corrected chi connectivity index (χ0v) is 14.0. The van der Waals surface area contributed by atoms with Crippen molar-refractivity contribution in [2.24, 2.45) is 0 Å². The molecule has 5 nitrogen and oxygen atoms in total. The van der Waals surface area contributed by atoms with E-state index in [1.54, 1.807) is 26.2 Å². The predicted molar refractivity (Wildman–Crippen MR) is 92.8 cm³/mol. The number of aryl methyl sites for hydroxylation is 1. The highest BCUT2D eigenvalue weighted by Crippen LogP contribution is 2.28. The highest BCUT2D eigenvalue weighted by atomic mass is 16.5. The van der Waals surface area contributed by atoms with Crippen molar-refractivity contribution in [3.8, 4) is 5.75 Å². The van der Waals surface area contributed by atoms with Crippen LogP contribution in [0.3, 0.4) is 0 Å². The van der Waals surface area contributed by atoms with Gasteiger partial charge >= 0.3 is 5.97 Å². The van der Waals surface area contributed by atoms with Crippen molar-refractivity contribution in [3.63, 3.8) is 0 Å². The van der Waals surface area contributed by atoms with Crippen LogP contribution in [0.2, 0.25) is 0 Å². The largest absolute Gasteiger partial charge is 0.496 e.